The van der Waals surface area contributed by atoms with E-state index < -0.39 is 0 Å². The Balaban J connectivity index is 1.97. The van der Waals surface area contributed by atoms with Gasteiger partial charge >= 0.3 is 0 Å². The fourth-order valence-corrected chi connectivity index (χ4v) is 1.77. The van der Waals surface area contributed by atoms with Crippen molar-refractivity contribution in [3.63, 3.8) is 0 Å². The predicted octanol–water partition coefficient (Wildman–Crippen LogP) is 2.25. The van der Waals surface area contributed by atoms with E-state index in [0.717, 1.165) is 12.8 Å². The molecule has 88 valence electrons. The van der Waals surface area contributed by atoms with Crippen LogP contribution in [0.4, 0.5) is 0 Å². The molecule has 0 amide bonds. The van der Waals surface area contributed by atoms with Crippen molar-refractivity contribution in [3.8, 4) is 5.88 Å². The van der Waals surface area contributed by atoms with Gasteiger partial charge in [-0.05, 0) is 23.8 Å². The quantitative estimate of drug-likeness (QED) is 0.831. The fraction of sp³-hybridized carbons (Fsp3) is 0.615. The summed E-state index contributed by atoms with van der Waals surface area (Å²) in [6.07, 6.45) is 4.06. The summed E-state index contributed by atoms with van der Waals surface area (Å²) < 4.78 is 5.70. The van der Waals surface area contributed by atoms with Gasteiger partial charge in [-0.1, -0.05) is 26.8 Å². The average molecular weight is 220 g/mol. The minimum absolute atomic E-state index is 0.143. The number of rotatable bonds is 2. The molecule has 2 N–H and O–H groups in total. The molecule has 1 heterocycles. The topological polar surface area (TPSA) is 48.1 Å². The van der Waals surface area contributed by atoms with Crippen molar-refractivity contribution in [1.29, 1.82) is 0 Å². The summed E-state index contributed by atoms with van der Waals surface area (Å²) in [7, 11) is 0. The number of hydrogen-bond acceptors (Lipinski definition) is 3. The predicted molar refractivity (Wildman–Crippen MR) is 64.6 cm³/mol. The lowest BCUT2D eigenvalue weighted by molar-refractivity contribution is 0.0958. The van der Waals surface area contributed by atoms with Crippen LogP contribution in [-0.2, 0) is 5.41 Å². The Bertz CT molecular complexity index is 347. The van der Waals surface area contributed by atoms with Crippen molar-refractivity contribution in [2.75, 3.05) is 0 Å². The van der Waals surface area contributed by atoms with Crippen LogP contribution < -0.4 is 10.5 Å². The molecule has 0 unspecified atom stereocenters. The lowest BCUT2D eigenvalue weighted by atomic mass is 9.88. The molecule has 1 saturated carbocycles. The number of hydrogen-bond donors (Lipinski definition) is 1. The van der Waals surface area contributed by atoms with E-state index in [1.807, 2.05) is 12.3 Å². The highest BCUT2D eigenvalue weighted by Gasteiger charge is 2.28. The van der Waals surface area contributed by atoms with Gasteiger partial charge in [-0.2, -0.15) is 0 Å². The molecular formula is C13H20N2O. The maximum Gasteiger partial charge on any atom is 0.213 e. The minimum Gasteiger partial charge on any atom is -0.474 e. The van der Waals surface area contributed by atoms with E-state index >= 15 is 0 Å². The van der Waals surface area contributed by atoms with E-state index in [4.69, 9.17) is 10.5 Å². The summed E-state index contributed by atoms with van der Waals surface area (Å²) in [5.74, 6) is 0.713. The van der Waals surface area contributed by atoms with Crippen LogP contribution in [-0.4, -0.2) is 17.1 Å². The molecule has 0 atom stereocenters. The summed E-state index contributed by atoms with van der Waals surface area (Å²) in [6, 6.07) is 4.35. The molecule has 0 radical (unpaired) electrons. The molecule has 1 fully saturated rings. The van der Waals surface area contributed by atoms with E-state index in [1.165, 1.54) is 5.56 Å². The van der Waals surface area contributed by atoms with Gasteiger partial charge in [0.05, 0.1) is 0 Å². The average Bonchev–Trinajstić information content (AvgIpc) is 2.15. The van der Waals surface area contributed by atoms with Gasteiger partial charge < -0.3 is 10.5 Å². The molecule has 0 saturated heterocycles. The Hall–Kier alpha value is -1.09. The normalized spacial score (nSPS) is 25.0. The van der Waals surface area contributed by atoms with Gasteiger partial charge in [-0.15, -0.1) is 0 Å². The van der Waals surface area contributed by atoms with E-state index in [1.54, 1.807) is 0 Å². The number of aromatic nitrogens is 1. The lowest BCUT2D eigenvalue weighted by Crippen LogP contribution is -2.43. The van der Waals surface area contributed by atoms with Crippen molar-refractivity contribution >= 4 is 0 Å². The first kappa shape index (κ1) is 11.4. The summed E-state index contributed by atoms with van der Waals surface area (Å²) in [5.41, 5.74) is 7.07. The monoisotopic (exact) mass is 220 g/mol. The van der Waals surface area contributed by atoms with Crippen molar-refractivity contribution in [2.45, 2.75) is 51.2 Å². The van der Waals surface area contributed by atoms with Gasteiger partial charge in [-0.3, -0.25) is 0 Å². The Labute approximate surface area is 97.0 Å². The summed E-state index contributed by atoms with van der Waals surface area (Å²) in [6.45, 7) is 6.53. The zero-order valence-corrected chi connectivity index (χ0v) is 10.2. The van der Waals surface area contributed by atoms with E-state index in [-0.39, 0.29) is 11.5 Å². The van der Waals surface area contributed by atoms with E-state index in [0.29, 0.717) is 11.9 Å². The molecule has 1 aliphatic carbocycles. The van der Waals surface area contributed by atoms with Crippen molar-refractivity contribution in [2.24, 2.45) is 5.73 Å². The molecule has 3 heteroatoms. The van der Waals surface area contributed by atoms with Crippen LogP contribution in [0.1, 0.15) is 39.2 Å². The highest BCUT2D eigenvalue weighted by Crippen LogP contribution is 2.26. The van der Waals surface area contributed by atoms with Crippen LogP contribution in [0.5, 0.6) is 5.88 Å². The maximum absolute atomic E-state index is 5.70. The Morgan fingerprint density at radius 3 is 2.44 bits per heavy atom. The molecule has 1 aromatic heterocycles. The standard InChI is InChI=1S/C13H20N2O/c1-13(2,3)9-4-5-12(15-8-9)16-11-6-10(14)7-11/h4-5,8,10-11H,6-7,14H2,1-3H3. The van der Waals surface area contributed by atoms with Gasteiger partial charge in [0.15, 0.2) is 0 Å². The highest BCUT2D eigenvalue weighted by molar-refractivity contribution is 5.23. The molecular weight excluding hydrogens is 200 g/mol. The molecule has 0 spiro atoms. The number of nitrogens with zero attached hydrogens (tertiary/aromatic N) is 1. The van der Waals surface area contributed by atoms with Gasteiger partial charge in [0.1, 0.15) is 6.10 Å². The third-order valence-electron chi connectivity index (χ3n) is 3.02. The Kier molecular flexibility index (Phi) is 2.89. The van der Waals surface area contributed by atoms with Crippen molar-refractivity contribution < 1.29 is 4.74 Å². The molecule has 0 aliphatic heterocycles. The van der Waals surface area contributed by atoms with Crippen LogP contribution in [0.3, 0.4) is 0 Å². The molecule has 2 rings (SSSR count). The van der Waals surface area contributed by atoms with E-state index in [2.05, 4.69) is 31.8 Å². The van der Waals surface area contributed by atoms with Crippen LogP contribution in [0.15, 0.2) is 18.3 Å². The summed E-state index contributed by atoms with van der Waals surface area (Å²) >= 11 is 0. The van der Waals surface area contributed by atoms with Crippen LogP contribution >= 0.6 is 0 Å². The third kappa shape index (κ3) is 2.53. The second-order valence-corrected chi connectivity index (χ2v) is 5.61. The second-order valence-electron chi connectivity index (χ2n) is 5.61. The van der Waals surface area contributed by atoms with E-state index in [9.17, 15) is 0 Å². The molecule has 16 heavy (non-hydrogen) atoms. The number of nitrogens with two attached hydrogens (primary N) is 1. The van der Waals surface area contributed by atoms with Gasteiger partial charge in [0.2, 0.25) is 5.88 Å². The Morgan fingerprint density at radius 1 is 1.31 bits per heavy atom. The third-order valence-corrected chi connectivity index (χ3v) is 3.02. The van der Waals surface area contributed by atoms with Gasteiger partial charge in [-0.25, -0.2) is 4.98 Å². The van der Waals surface area contributed by atoms with Crippen molar-refractivity contribution in [1.82, 2.24) is 4.98 Å². The van der Waals surface area contributed by atoms with Gasteiger partial charge in [0, 0.05) is 18.3 Å². The zero-order chi connectivity index (χ0) is 11.8. The van der Waals surface area contributed by atoms with Gasteiger partial charge in [0.25, 0.3) is 0 Å². The Morgan fingerprint density at radius 2 is 2.00 bits per heavy atom. The molecule has 1 aliphatic rings. The molecule has 0 aromatic carbocycles. The summed E-state index contributed by atoms with van der Waals surface area (Å²) in [4.78, 5) is 4.33. The second kappa shape index (κ2) is 4.06. The van der Waals surface area contributed by atoms with Crippen LogP contribution in [0.2, 0.25) is 0 Å². The summed E-state index contributed by atoms with van der Waals surface area (Å²) in [5, 5.41) is 0. The highest BCUT2D eigenvalue weighted by atomic mass is 16.5. The number of ether oxygens (including phenoxy) is 1. The zero-order valence-electron chi connectivity index (χ0n) is 10.2. The first-order chi connectivity index (χ1) is 7.45. The van der Waals surface area contributed by atoms with Crippen LogP contribution in [0.25, 0.3) is 0 Å². The lowest BCUT2D eigenvalue weighted by Gasteiger charge is -2.32. The first-order valence-corrected chi connectivity index (χ1v) is 5.84. The molecule has 0 bridgehead atoms. The van der Waals surface area contributed by atoms with Crippen molar-refractivity contribution in [3.05, 3.63) is 23.9 Å². The SMILES string of the molecule is CC(C)(C)c1ccc(OC2CC(N)C2)nc1. The molecule has 3 nitrogen and oxygen atoms in total. The largest absolute Gasteiger partial charge is 0.474 e. The smallest absolute Gasteiger partial charge is 0.213 e. The fourth-order valence-electron chi connectivity index (χ4n) is 1.77. The van der Waals surface area contributed by atoms with Crippen LogP contribution in [0, 0.1) is 0 Å². The molecule has 1 aromatic rings. The first-order valence-electron chi connectivity index (χ1n) is 5.84. The number of pyridine rings is 1. The maximum atomic E-state index is 5.70. The minimum atomic E-state index is 0.143.